The Morgan fingerprint density at radius 1 is 1.16 bits per heavy atom. The number of methoxy groups -OCH3 is 2. The van der Waals surface area contributed by atoms with Crippen molar-refractivity contribution in [2.45, 2.75) is 0 Å². The van der Waals surface area contributed by atoms with Crippen LogP contribution in [0.4, 0.5) is 15.8 Å². The lowest BCUT2D eigenvalue weighted by molar-refractivity contribution is 0.305. The van der Waals surface area contributed by atoms with E-state index in [0.717, 1.165) is 0 Å². The summed E-state index contributed by atoms with van der Waals surface area (Å²) in [5.41, 5.74) is 1.42. The molecule has 0 aliphatic carbocycles. The van der Waals surface area contributed by atoms with Gasteiger partial charge in [0.05, 0.1) is 49.3 Å². The van der Waals surface area contributed by atoms with E-state index in [2.05, 4.69) is 9.97 Å². The van der Waals surface area contributed by atoms with Crippen LogP contribution in [-0.2, 0) is 0 Å². The van der Waals surface area contributed by atoms with E-state index in [0.29, 0.717) is 28.0 Å². The highest BCUT2D eigenvalue weighted by Gasteiger charge is 2.20. The van der Waals surface area contributed by atoms with Crippen LogP contribution >= 0.6 is 0 Å². The first-order valence-corrected chi connectivity index (χ1v) is 9.79. The standard InChI is InChI=1S/C23H21FN4O4/c1-31-17-11-20(22(24)21(12-17)32-2)27(8-9-29)15-5-6-19-18(10-15)23(30)28(14-26-19)16-4-3-7-25-13-16/h3-7,10-14,29H,8-9H2,1-2H3. The third-order valence-corrected chi connectivity index (χ3v) is 5.04. The minimum absolute atomic E-state index is 0.00341. The fourth-order valence-electron chi connectivity index (χ4n) is 3.47. The van der Waals surface area contributed by atoms with Crippen molar-refractivity contribution in [2.24, 2.45) is 0 Å². The maximum atomic E-state index is 15.1. The number of aromatic nitrogens is 3. The minimum Gasteiger partial charge on any atom is -0.497 e. The molecule has 0 atom stereocenters. The van der Waals surface area contributed by atoms with Crippen molar-refractivity contribution in [2.75, 3.05) is 32.3 Å². The predicted octanol–water partition coefficient (Wildman–Crippen LogP) is 3.07. The highest BCUT2D eigenvalue weighted by atomic mass is 19.1. The molecule has 0 fully saturated rings. The molecule has 2 aromatic carbocycles. The van der Waals surface area contributed by atoms with E-state index in [4.69, 9.17) is 9.47 Å². The third kappa shape index (κ3) is 3.85. The van der Waals surface area contributed by atoms with Gasteiger partial charge in [0.2, 0.25) is 0 Å². The zero-order chi connectivity index (χ0) is 22.7. The summed E-state index contributed by atoms with van der Waals surface area (Å²) in [7, 11) is 2.83. The Hall–Kier alpha value is -3.98. The van der Waals surface area contributed by atoms with Crippen LogP contribution in [0, 0.1) is 5.82 Å². The molecule has 8 nitrogen and oxygen atoms in total. The molecule has 1 N–H and O–H groups in total. The fraction of sp³-hybridized carbons (Fsp3) is 0.174. The Kier molecular flexibility index (Phi) is 6.00. The summed E-state index contributed by atoms with van der Waals surface area (Å²) in [5.74, 6) is -0.216. The first-order valence-electron chi connectivity index (χ1n) is 9.79. The summed E-state index contributed by atoms with van der Waals surface area (Å²) in [6, 6.07) is 11.4. The summed E-state index contributed by atoms with van der Waals surface area (Å²) in [4.78, 5) is 23.1. The van der Waals surface area contributed by atoms with Crippen LogP contribution in [0.15, 0.2) is 66.0 Å². The second-order valence-corrected chi connectivity index (χ2v) is 6.87. The van der Waals surface area contributed by atoms with Gasteiger partial charge in [-0.2, -0.15) is 0 Å². The molecule has 0 radical (unpaired) electrons. The van der Waals surface area contributed by atoms with E-state index in [1.54, 1.807) is 47.6 Å². The van der Waals surface area contributed by atoms with Gasteiger partial charge in [-0.3, -0.25) is 14.3 Å². The summed E-state index contributed by atoms with van der Waals surface area (Å²) in [6.07, 6.45) is 4.62. The number of anilines is 2. The number of aliphatic hydroxyl groups is 1. The second kappa shape index (κ2) is 9.03. The van der Waals surface area contributed by atoms with Crippen molar-refractivity contribution < 1.29 is 19.0 Å². The summed E-state index contributed by atoms with van der Waals surface area (Å²) in [5, 5.41) is 9.99. The molecular weight excluding hydrogens is 415 g/mol. The largest absolute Gasteiger partial charge is 0.497 e. The van der Waals surface area contributed by atoms with Gasteiger partial charge in [0.15, 0.2) is 11.6 Å². The lowest BCUT2D eigenvalue weighted by atomic mass is 10.1. The first kappa shape index (κ1) is 21.3. The van der Waals surface area contributed by atoms with Crippen molar-refractivity contribution in [1.82, 2.24) is 14.5 Å². The second-order valence-electron chi connectivity index (χ2n) is 6.87. The molecule has 2 aromatic heterocycles. The Balaban J connectivity index is 1.89. The number of benzene rings is 2. The zero-order valence-electron chi connectivity index (χ0n) is 17.5. The maximum absolute atomic E-state index is 15.1. The average molecular weight is 436 g/mol. The molecule has 4 rings (SSSR count). The molecule has 0 unspecified atom stereocenters. The van der Waals surface area contributed by atoms with Gasteiger partial charge in [0.1, 0.15) is 12.1 Å². The molecule has 0 aliphatic heterocycles. The summed E-state index contributed by atoms with van der Waals surface area (Å²) < 4.78 is 26.9. The zero-order valence-corrected chi connectivity index (χ0v) is 17.5. The van der Waals surface area contributed by atoms with E-state index in [-0.39, 0.29) is 30.1 Å². The molecule has 4 aromatic rings. The summed E-state index contributed by atoms with van der Waals surface area (Å²) >= 11 is 0. The number of fused-ring (bicyclic) bond motifs is 1. The highest BCUT2D eigenvalue weighted by Crippen LogP contribution is 2.37. The van der Waals surface area contributed by atoms with Crippen molar-refractivity contribution >= 4 is 22.3 Å². The van der Waals surface area contributed by atoms with Crippen LogP contribution in [-0.4, -0.2) is 47.0 Å². The van der Waals surface area contributed by atoms with Crippen LogP contribution in [0.3, 0.4) is 0 Å². The number of ether oxygens (including phenoxy) is 2. The van der Waals surface area contributed by atoms with Crippen molar-refractivity contribution in [3.8, 4) is 17.2 Å². The van der Waals surface area contributed by atoms with Crippen LogP contribution < -0.4 is 19.9 Å². The molecule has 0 saturated heterocycles. The van der Waals surface area contributed by atoms with Gasteiger partial charge in [-0.05, 0) is 30.3 Å². The molecular formula is C23H21FN4O4. The fourth-order valence-corrected chi connectivity index (χ4v) is 3.47. The average Bonchev–Trinajstić information content (AvgIpc) is 2.83. The van der Waals surface area contributed by atoms with Gasteiger partial charge in [-0.25, -0.2) is 9.37 Å². The molecule has 164 valence electrons. The number of hydrogen-bond acceptors (Lipinski definition) is 7. The van der Waals surface area contributed by atoms with E-state index < -0.39 is 5.82 Å². The molecule has 9 heteroatoms. The molecule has 0 amide bonds. The van der Waals surface area contributed by atoms with Crippen LogP contribution in [0.25, 0.3) is 16.6 Å². The van der Waals surface area contributed by atoms with E-state index in [1.165, 1.54) is 37.2 Å². The number of pyridine rings is 1. The number of hydrogen-bond donors (Lipinski definition) is 1. The third-order valence-electron chi connectivity index (χ3n) is 5.04. The van der Waals surface area contributed by atoms with Crippen LogP contribution in [0.2, 0.25) is 0 Å². The molecule has 32 heavy (non-hydrogen) atoms. The smallest absolute Gasteiger partial charge is 0.265 e. The lowest BCUT2D eigenvalue weighted by Crippen LogP contribution is -2.23. The van der Waals surface area contributed by atoms with Crippen molar-refractivity contribution in [1.29, 1.82) is 0 Å². The minimum atomic E-state index is -0.610. The van der Waals surface area contributed by atoms with Gasteiger partial charge >= 0.3 is 0 Å². The van der Waals surface area contributed by atoms with Gasteiger partial charge < -0.3 is 19.5 Å². The quantitative estimate of drug-likeness (QED) is 0.476. The van der Waals surface area contributed by atoms with E-state index >= 15 is 4.39 Å². The Bertz CT molecular complexity index is 1310. The van der Waals surface area contributed by atoms with E-state index in [9.17, 15) is 9.90 Å². The Morgan fingerprint density at radius 3 is 2.69 bits per heavy atom. The van der Waals surface area contributed by atoms with Crippen molar-refractivity contribution in [3.63, 3.8) is 0 Å². The molecule has 0 aliphatic rings. The first-order chi connectivity index (χ1) is 15.6. The predicted molar refractivity (Wildman–Crippen MR) is 119 cm³/mol. The Morgan fingerprint density at radius 2 is 2.00 bits per heavy atom. The van der Waals surface area contributed by atoms with Gasteiger partial charge in [-0.15, -0.1) is 0 Å². The van der Waals surface area contributed by atoms with Gasteiger partial charge in [-0.1, -0.05) is 0 Å². The number of halogens is 1. The number of aliphatic hydroxyl groups excluding tert-OH is 1. The molecule has 0 saturated carbocycles. The number of nitrogens with zero attached hydrogens (tertiary/aromatic N) is 4. The van der Waals surface area contributed by atoms with Gasteiger partial charge in [0, 0.05) is 30.6 Å². The van der Waals surface area contributed by atoms with Crippen LogP contribution in [0.1, 0.15) is 0 Å². The molecule has 2 heterocycles. The lowest BCUT2D eigenvalue weighted by Gasteiger charge is -2.26. The molecule has 0 spiro atoms. The maximum Gasteiger partial charge on any atom is 0.265 e. The van der Waals surface area contributed by atoms with Crippen molar-refractivity contribution in [3.05, 3.63) is 77.4 Å². The molecule has 0 bridgehead atoms. The highest BCUT2D eigenvalue weighted by molar-refractivity contribution is 5.83. The Labute approximate surface area is 183 Å². The normalized spacial score (nSPS) is 10.9. The topological polar surface area (TPSA) is 89.7 Å². The summed E-state index contributed by atoms with van der Waals surface area (Å²) in [6.45, 7) is -0.167. The van der Waals surface area contributed by atoms with Gasteiger partial charge in [0.25, 0.3) is 5.56 Å². The SMILES string of the molecule is COc1cc(OC)c(F)c(N(CCO)c2ccc3ncn(-c4cccnc4)c(=O)c3c2)c1. The van der Waals surface area contributed by atoms with Crippen LogP contribution in [0.5, 0.6) is 11.5 Å². The monoisotopic (exact) mass is 436 g/mol. The number of rotatable bonds is 7. The van der Waals surface area contributed by atoms with E-state index in [1.807, 2.05) is 0 Å².